The van der Waals surface area contributed by atoms with Crippen LogP contribution in [-0.4, -0.2) is 33.9 Å². The molecular weight excluding hydrogens is 368 g/mol. The number of thiazole rings is 1. The zero-order valence-corrected chi connectivity index (χ0v) is 16.4. The molecule has 1 aliphatic heterocycles. The number of nitrogens with one attached hydrogen (secondary N) is 1. The van der Waals surface area contributed by atoms with E-state index in [-0.39, 0.29) is 18.0 Å². The van der Waals surface area contributed by atoms with E-state index in [2.05, 4.69) is 46.4 Å². The fourth-order valence-corrected chi connectivity index (χ4v) is 4.16. The maximum Gasteiger partial charge on any atom is 0.258 e. The van der Waals surface area contributed by atoms with Gasteiger partial charge in [0.15, 0.2) is 4.96 Å². The molecule has 0 radical (unpaired) electrons. The van der Waals surface area contributed by atoms with E-state index in [1.54, 1.807) is 16.7 Å². The van der Waals surface area contributed by atoms with Gasteiger partial charge in [-0.1, -0.05) is 31.2 Å². The van der Waals surface area contributed by atoms with E-state index in [0.29, 0.717) is 12.6 Å². The minimum absolute atomic E-state index is 0. The van der Waals surface area contributed by atoms with Crippen molar-refractivity contribution in [2.45, 2.75) is 25.9 Å². The standard InChI is InChI=1S/C19H22N4OS.ClH/c1-2-14-3-5-15(6-4-14)17-12-20-7-8-22(17)13-16-11-18(24)23-9-10-25-19(23)21-16;/h3-6,9-11,17,20H,2,7-8,12-13H2,1H3;1H. The third kappa shape index (κ3) is 3.83. The molecular formula is C19H23ClN4OS. The Labute approximate surface area is 163 Å². The molecule has 0 bridgehead atoms. The summed E-state index contributed by atoms with van der Waals surface area (Å²) in [6, 6.07) is 10.9. The van der Waals surface area contributed by atoms with Crippen LogP contribution in [0, 0.1) is 0 Å². The lowest BCUT2D eigenvalue weighted by Crippen LogP contribution is -2.45. The van der Waals surface area contributed by atoms with Gasteiger partial charge in [-0.05, 0) is 17.5 Å². The second-order valence-electron chi connectivity index (χ2n) is 6.43. The summed E-state index contributed by atoms with van der Waals surface area (Å²) in [6.07, 6.45) is 2.84. The zero-order valence-electron chi connectivity index (χ0n) is 14.7. The highest BCUT2D eigenvalue weighted by molar-refractivity contribution is 7.15. The number of fused-ring (bicyclic) bond motifs is 1. The second-order valence-corrected chi connectivity index (χ2v) is 7.30. The van der Waals surface area contributed by atoms with E-state index < -0.39 is 0 Å². The third-order valence-electron chi connectivity index (χ3n) is 4.85. The van der Waals surface area contributed by atoms with E-state index in [1.807, 2.05) is 5.38 Å². The van der Waals surface area contributed by atoms with Gasteiger partial charge in [-0.15, -0.1) is 23.7 Å². The van der Waals surface area contributed by atoms with Gasteiger partial charge in [0, 0.05) is 49.9 Å². The van der Waals surface area contributed by atoms with Gasteiger partial charge in [0.1, 0.15) is 0 Å². The SMILES string of the molecule is CCc1ccc(C2CNCCN2Cc2cc(=O)n3ccsc3n2)cc1.Cl. The van der Waals surface area contributed by atoms with Crippen molar-refractivity contribution < 1.29 is 0 Å². The Morgan fingerprint density at radius 3 is 2.88 bits per heavy atom. The van der Waals surface area contributed by atoms with Gasteiger partial charge in [0.2, 0.25) is 0 Å². The van der Waals surface area contributed by atoms with E-state index in [0.717, 1.165) is 36.7 Å². The summed E-state index contributed by atoms with van der Waals surface area (Å²) in [5.74, 6) is 0. The van der Waals surface area contributed by atoms with Crippen molar-refractivity contribution in [1.29, 1.82) is 0 Å². The molecule has 4 rings (SSSR count). The summed E-state index contributed by atoms with van der Waals surface area (Å²) in [7, 11) is 0. The number of piperazine rings is 1. The summed E-state index contributed by atoms with van der Waals surface area (Å²) in [5, 5.41) is 5.39. The van der Waals surface area contributed by atoms with Crippen LogP contribution in [0.3, 0.4) is 0 Å². The monoisotopic (exact) mass is 390 g/mol. The Balaban J connectivity index is 0.00000196. The van der Waals surface area contributed by atoms with Gasteiger partial charge in [0.25, 0.3) is 5.56 Å². The molecule has 1 N–H and O–H groups in total. The van der Waals surface area contributed by atoms with Crippen LogP contribution in [0.1, 0.15) is 29.8 Å². The summed E-state index contributed by atoms with van der Waals surface area (Å²) < 4.78 is 1.60. The van der Waals surface area contributed by atoms with Crippen LogP contribution < -0.4 is 10.9 Å². The van der Waals surface area contributed by atoms with Crippen molar-refractivity contribution in [3.63, 3.8) is 0 Å². The lowest BCUT2D eigenvalue weighted by molar-refractivity contribution is 0.152. The lowest BCUT2D eigenvalue weighted by Gasteiger charge is -2.36. The van der Waals surface area contributed by atoms with E-state index in [4.69, 9.17) is 0 Å². The topological polar surface area (TPSA) is 49.6 Å². The molecule has 2 aromatic heterocycles. The number of hydrogen-bond acceptors (Lipinski definition) is 5. The number of aromatic nitrogens is 2. The first-order valence-corrected chi connectivity index (χ1v) is 9.62. The number of rotatable bonds is 4. The predicted molar refractivity (Wildman–Crippen MR) is 108 cm³/mol. The molecule has 1 unspecified atom stereocenters. The van der Waals surface area contributed by atoms with Gasteiger partial charge in [0.05, 0.1) is 5.69 Å². The molecule has 1 saturated heterocycles. The summed E-state index contributed by atoms with van der Waals surface area (Å²) in [5.41, 5.74) is 3.53. The number of halogens is 1. The van der Waals surface area contributed by atoms with Crippen LogP contribution in [-0.2, 0) is 13.0 Å². The Bertz CT molecular complexity index is 921. The minimum atomic E-state index is 0. The first-order chi connectivity index (χ1) is 12.2. The van der Waals surface area contributed by atoms with Gasteiger partial charge in [-0.3, -0.25) is 14.1 Å². The third-order valence-corrected chi connectivity index (χ3v) is 5.60. The Morgan fingerprint density at radius 1 is 1.31 bits per heavy atom. The normalized spacial score (nSPS) is 18.0. The molecule has 0 aliphatic carbocycles. The first-order valence-electron chi connectivity index (χ1n) is 8.74. The van der Waals surface area contributed by atoms with Gasteiger partial charge < -0.3 is 5.32 Å². The van der Waals surface area contributed by atoms with Crippen molar-refractivity contribution in [2.75, 3.05) is 19.6 Å². The van der Waals surface area contributed by atoms with Crippen molar-refractivity contribution >= 4 is 28.7 Å². The fourth-order valence-electron chi connectivity index (χ4n) is 3.42. The van der Waals surface area contributed by atoms with Gasteiger partial charge in [-0.25, -0.2) is 4.98 Å². The molecule has 1 aromatic carbocycles. The Morgan fingerprint density at radius 2 is 2.12 bits per heavy atom. The minimum Gasteiger partial charge on any atom is -0.314 e. The van der Waals surface area contributed by atoms with Crippen LogP contribution in [0.2, 0.25) is 0 Å². The average molecular weight is 391 g/mol. The summed E-state index contributed by atoms with van der Waals surface area (Å²) in [4.78, 5) is 20.1. The van der Waals surface area contributed by atoms with E-state index in [9.17, 15) is 4.79 Å². The van der Waals surface area contributed by atoms with Gasteiger partial charge in [-0.2, -0.15) is 0 Å². The Hall–Kier alpha value is -1.73. The summed E-state index contributed by atoms with van der Waals surface area (Å²) >= 11 is 1.50. The number of hydrogen-bond donors (Lipinski definition) is 1. The largest absolute Gasteiger partial charge is 0.314 e. The average Bonchev–Trinajstić information content (AvgIpc) is 3.11. The number of nitrogens with zero attached hydrogens (tertiary/aromatic N) is 3. The van der Waals surface area contributed by atoms with Crippen molar-refractivity contribution in [1.82, 2.24) is 19.6 Å². The lowest BCUT2D eigenvalue weighted by atomic mass is 10.0. The molecule has 0 spiro atoms. The molecule has 1 atom stereocenters. The molecule has 0 saturated carbocycles. The van der Waals surface area contributed by atoms with Crippen LogP contribution in [0.5, 0.6) is 0 Å². The summed E-state index contributed by atoms with van der Waals surface area (Å²) in [6.45, 7) is 5.71. The molecule has 3 heterocycles. The highest BCUT2D eigenvalue weighted by Gasteiger charge is 2.24. The van der Waals surface area contributed by atoms with Crippen molar-refractivity contribution in [3.05, 3.63) is 69.1 Å². The smallest absolute Gasteiger partial charge is 0.258 e. The van der Waals surface area contributed by atoms with Crippen LogP contribution in [0.4, 0.5) is 0 Å². The molecule has 0 amide bonds. The maximum atomic E-state index is 12.2. The highest BCUT2D eigenvalue weighted by Crippen LogP contribution is 2.24. The van der Waals surface area contributed by atoms with Crippen LogP contribution >= 0.6 is 23.7 Å². The van der Waals surface area contributed by atoms with Crippen LogP contribution in [0.15, 0.2) is 46.7 Å². The molecule has 3 aromatic rings. The zero-order chi connectivity index (χ0) is 17.2. The predicted octanol–water partition coefficient (Wildman–Crippen LogP) is 2.89. The Kier molecular flexibility index (Phi) is 6.09. The second kappa shape index (κ2) is 8.31. The molecule has 138 valence electrons. The van der Waals surface area contributed by atoms with E-state index in [1.165, 1.54) is 22.5 Å². The number of aryl methyl sites for hydroxylation is 1. The molecule has 1 fully saturated rings. The number of benzene rings is 1. The molecule has 1 aliphatic rings. The first kappa shape index (κ1) is 19.0. The van der Waals surface area contributed by atoms with E-state index >= 15 is 0 Å². The van der Waals surface area contributed by atoms with Gasteiger partial charge >= 0.3 is 0 Å². The van der Waals surface area contributed by atoms with Crippen molar-refractivity contribution in [3.8, 4) is 0 Å². The quantitative estimate of drug-likeness (QED) is 0.744. The van der Waals surface area contributed by atoms with Crippen LogP contribution in [0.25, 0.3) is 4.96 Å². The molecule has 26 heavy (non-hydrogen) atoms. The molecule has 7 heteroatoms. The highest BCUT2D eigenvalue weighted by atomic mass is 35.5. The molecule has 5 nitrogen and oxygen atoms in total. The maximum absolute atomic E-state index is 12.2. The van der Waals surface area contributed by atoms with Crippen molar-refractivity contribution in [2.24, 2.45) is 0 Å². The fraction of sp³-hybridized carbons (Fsp3) is 0.368.